The first kappa shape index (κ1) is 14.3. The smallest absolute Gasteiger partial charge is 0.124 e. The molecule has 4 nitrogen and oxygen atoms in total. The molecule has 0 spiro atoms. The Morgan fingerprint density at radius 2 is 2.05 bits per heavy atom. The zero-order valence-electron chi connectivity index (χ0n) is 12.3. The van der Waals surface area contributed by atoms with Crippen LogP contribution in [0.4, 0.5) is 0 Å². The predicted molar refractivity (Wildman–Crippen MR) is 85.4 cm³/mol. The topological polar surface area (TPSA) is 56.9 Å². The summed E-state index contributed by atoms with van der Waals surface area (Å²) < 4.78 is 0. The van der Waals surface area contributed by atoms with Gasteiger partial charge in [-0.05, 0) is 44.0 Å². The fraction of sp³-hybridized carbons (Fsp3) is 0.471. The zero-order chi connectivity index (χ0) is 14.5. The number of para-hydroxylation sites is 1. The highest BCUT2D eigenvalue weighted by atomic mass is 16.1. The van der Waals surface area contributed by atoms with Crippen molar-refractivity contribution in [1.29, 1.82) is 0 Å². The number of benzene rings is 1. The van der Waals surface area contributed by atoms with E-state index in [1.165, 1.54) is 22.2 Å². The van der Waals surface area contributed by atoms with Crippen molar-refractivity contribution in [2.75, 3.05) is 19.6 Å². The van der Waals surface area contributed by atoms with E-state index >= 15 is 0 Å². The number of nitrogens with one attached hydrogen (secondary N) is 3. The second kappa shape index (κ2) is 6.87. The number of carbonyl (C=O) groups excluding carboxylic acids is 1. The summed E-state index contributed by atoms with van der Waals surface area (Å²) in [5, 5.41) is 7.93. The van der Waals surface area contributed by atoms with Crippen molar-refractivity contribution in [3.63, 3.8) is 0 Å². The Hall–Kier alpha value is -1.65. The van der Waals surface area contributed by atoms with Crippen LogP contribution in [-0.4, -0.2) is 30.9 Å². The SMILES string of the molecule is O=CC1CCCNC1.c1ccc2c3c([nH]c2c1)CNCC3. The molecule has 112 valence electrons. The third-order valence-corrected chi connectivity index (χ3v) is 4.28. The Balaban J connectivity index is 0.000000143. The summed E-state index contributed by atoms with van der Waals surface area (Å²) >= 11 is 0. The van der Waals surface area contributed by atoms with Crippen LogP contribution in [0, 0.1) is 5.92 Å². The molecule has 4 heteroatoms. The quantitative estimate of drug-likeness (QED) is 0.702. The molecule has 2 aliphatic rings. The fourth-order valence-electron chi connectivity index (χ4n) is 3.11. The first-order valence-electron chi connectivity index (χ1n) is 7.83. The highest BCUT2D eigenvalue weighted by Crippen LogP contribution is 2.24. The second-order valence-corrected chi connectivity index (χ2v) is 5.80. The monoisotopic (exact) mass is 285 g/mol. The molecule has 1 saturated heterocycles. The number of carbonyl (C=O) groups is 1. The first-order valence-corrected chi connectivity index (χ1v) is 7.83. The highest BCUT2D eigenvalue weighted by Gasteiger charge is 2.13. The number of H-pyrrole nitrogens is 1. The average Bonchev–Trinajstić information content (AvgIpc) is 2.95. The maximum Gasteiger partial charge on any atom is 0.124 e. The first-order chi connectivity index (χ1) is 10.4. The van der Waals surface area contributed by atoms with E-state index in [2.05, 4.69) is 39.9 Å². The van der Waals surface area contributed by atoms with Crippen molar-refractivity contribution >= 4 is 17.2 Å². The number of aromatic nitrogens is 1. The molecule has 3 N–H and O–H groups in total. The average molecular weight is 285 g/mol. The zero-order valence-corrected chi connectivity index (χ0v) is 12.3. The van der Waals surface area contributed by atoms with Crippen LogP contribution in [0.1, 0.15) is 24.1 Å². The van der Waals surface area contributed by atoms with Gasteiger partial charge in [-0.1, -0.05) is 18.2 Å². The summed E-state index contributed by atoms with van der Waals surface area (Å²) in [5.74, 6) is 0.295. The number of rotatable bonds is 1. The van der Waals surface area contributed by atoms with Gasteiger partial charge < -0.3 is 20.4 Å². The molecule has 2 aliphatic heterocycles. The van der Waals surface area contributed by atoms with Crippen molar-refractivity contribution < 1.29 is 4.79 Å². The number of fused-ring (bicyclic) bond motifs is 3. The Morgan fingerprint density at radius 3 is 2.81 bits per heavy atom. The number of hydrogen-bond donors (Lipinski definition) is 3. The molecule has 0 aliphatic carbocycles. The molecule has 1 aromatic heterocycles. The molecule has 1 aromatic carbocycles. The molecule has 0 amide bonds. The van der Waals surface area contributed by atoms with E-state index in [1.807, 2.05) is 0 Å². The fourth-order valence-corrected chi connectivity index (χ4v) is 3.11. The normalized spacial score (nSPS) is 21.2. The van der Waals surface area contributed by atoms with Crippen molar-refractivity contribution in [2.45, 2.75) is 25.8 Å². The standard InChI is InChI=1S/C11H12N2.C6H11NO/c1-2-4-10-8(3-1)9-5-6-12-7-11(9)13-10;8-5-6-2-1-3-7-4-6/h1-4,12-13H,5-7H2;5-7H,1-4H2. The van der Waals surface area contributed by atoms with Gasteiger partial charge in [-0.25, -0.2) is 0 Å². The summed E-state index contributed by atoms with van der Waals surface area (Å²) in [6.45, 7) is 4.08. The molecule has 1 fully saturated rings. The van der Waals surface area contributed by atoms with Crippen LogP contribution >= 0.6 is 0 Å². The van der Waals surface area contributed by atoms with Crippen LogP contribution in [0.2, 0.25) is 0 Å². The molecule has 0 saturated carbocycles. The van der Waals surface area contributed by atoms with Crippen LogP contribution < -0.4 is 10.6 Å². The van der Waals surface area contributed by atoms with Crippen LogP contribution in [-0.2, 0) is 17.8 Å². The third-order valence-electron chi connectivity index (χ3n) is 4.28. The highest BCUT2D eigenvalue weighted by molar-refractivity contribution is 5.84. The van der Waals surface area contributed by atoms with Crippen molar-refractivity contribution in [2.24, 2.45) is 5.92 Å². The minimum atomic E-state index is 0.295. The lowest BCUT2D eigenvalue weighted by atomic mass is 10.0. The molecule has 1 unspecified atom stereocenters. The maximum absolute atomic E-state index is 10.1. The van der Waals surface area contributed by atoms with E-state index in [9.17, 15) is 4.79 Å². The van der Waals surface area contributed by atoms with Gasteiger partial charge in [0.25, 0.3) is 0 Å². The summed E-state index contributed by atoms with van der Waals surface area (Å²) in [4.78, 5) is 13.6. The lowest BCUT2D eigenvalue weighted by Crippen LogP contribution is -2.30. The van der Waals surface area contributed by atoms with Gasteiger partial charge in [-0.15, -0.1) is 0 Å². The molecule has 21 heavy (non-hydrogen) atoms. The van der Waals surface area contributed by atoms with E-state index in [0.717, 1.165) is 51.7 Å². The van der Waals surface area contributed by atoms with Gasteiger partial charge in [0.2, 0.25) is 0 Å². The molecule has 1 atom stereocenters. The van der Waals surface area contributed by atoms with E-state index in [1.54, 1.807) is 0 Å². The molecule has 3 heterocycles. The van der Waals surface area contributed by atoms with Gasteiger partial charge in [-0.3, -0.25) is 0 Å². The lowest BCUT2D eigenvalue weighted by molar-refractivity contribution is -0.111. The van der Waals surface area contributed by atoms with Crippen molar-refractivity contribution in [1.82, 2.24) is 15.6 Å². The van der Waals surface area contributed by atoms with Gasteiger partial charge >= 0.3 is 0 Å². The lowest BCUT2D eigenvalue weighted by Gasteiger charge is -2.16. The van der Waals surface area contributed by atoms with Gasteiger partial charge in [0, 0.05) is 35.6 Å². The van der Waals surface area contributed by atoms with E-state index in [0.29, 0.717) is 5.92 Å². The van der Waals surface area contributed by atoms with Gasteiger partial charge in [0.05, 0.1) is 0 Å². The molecule has 4 rings (SSSR count). The Kier molecular flexibility index (Phi) is 4.68. The molecule has 0 radical (unpaired) electrons. The molecule has 0 bridgehead atoms. The second-order valence-electron chi connectivity index (χ2n) is 5.80. The number of hydrogen-bond acceptors (Lipinski definition) is 3. The number of piperidine rings is 1. The molecular weight excluding hydrogens is 262 g/mol. The summed E-state index contributed by atoms with van der Waals surface area (Å²) in [6.07, 6.45) is 4.44. The van der Waals surface area contributed by atoms with Gasteiger partial charge in [-0.2, -0.15) is 0 Å². The van der Waals surface area contributed by atoms with E-state index < -0.39 is 0 Å². The minimum Gasteiger partial charge on any atom is -0.357 e. The van der Waals surface area contributed by atoms with Crippen molar-refractivity contribution in [3.8, 4) is 0 Å². The third kappa shape index (κ3) is 3.34. The van der Waals surface area contributed by atoms with Gasteiger partial charge in [0.15, 0.2) is 0 Å². The van der Waals surface area contributed by atoms with Crippen LogP contribution in [0.25, 0.3) is 10.9 Å². The largest absolute Gasteiger partial charge is 0.357 e. The summed E-state index contributed by atoms with van der Waals surface area (Å²) in [7, 11) is 0. The van der Waals surface area contributed by atoms with Crippen LogP contribution in [0.3, 0.4) is 0 Å². The van der Waals surface area contributed by atoms with Crippen LogP contribution in [0.5, 0.6) is 0 Å². The predicted octanol–water partition coefficient (Wildman–Crippen LogP) is 2.00. The summed E-state index contributed by atoms with van der Waals surface area (Å²) in [6, 6.07) is 8.54. The Morgan fingerprint density at radius 1 is 1.14 bits per heavy atom. The minimum absolute atomic E-state index is 0.295. The maximum atomic E-state index is 10.1. The van der Waals surface area contributed by atoms with Gasteiger partial charge in [0.1, 0.15) is 6.29 Å². The number of aromatic amines is 1. The molecular formula is C17H23N3O. The summed E-state index contributed by atoms with van der Waals surface area (Å²) in [5.41, 5.74) is 4.15. The van der Waals surface area contributed by atoms with E-state index in [-0.39, 0.29) is 0 Å². The molecule has 2 aromatic rings. The van der Waals surface area contributed by atoms with Crippen LogP contribution in [0.15, 0.2) is 24.3 Å². The van der Waals surface area contributed by atoms with E-state index in [4.69, 9.17) is 0 Å². The Bertz CT molecular complexity index is 599. The number of aldehydes is 1. The Labute approximate surface area is 125 Å². The van der Waals surface area contributed by atoms with Crippen molar-refractivity contribution in [3.05, 3.63) is 35.5 Å².